The fraction of sp³-hybridized carbons (Fsp3) is 0.312. The van der Waals surface area contributed by atoms with E-state index in [9.17, 15) is 8.78 Å². The molecule has 0 spiro atoms. The van der Waals surface area contributed by atoms with Crippen molar-refractivity contribution in [2.75, 3.05) is 0 Å². The van der Waals surface area contributed by atoms with Crippen LogP contribution in [0.15, 0.2) is 60.7 Å². The second-order valence-corrected chi connectivity index (χ2v) is 8.61. The van der Waals surface area contributed by atoms with Crippen molar-refractivity contribution in [2.24, 2.45) is 0 Å². The van der Waals surface area contributed by atoms with Crippen LogP contribution in [0.4, 0.5) is 8.78 Å². The predicted molar refractivity (Wildman–Crippen MR) is 138 cm³/mol. The molecule has 0 heterocycles. The Morgan fingerprint density at radius 1 is 0.559 bits per heavy atom. The summed E-state index contributed by atoms with van der Waals surface area (Å²) in [4.78, 5) is 0. The van der Waals surface area contributed by atoms with Gasteiger partial charge in [-0.2, -0.15) is 0 Å². The standard InChI is InChI=1S/C32H32F2/c1-3-5-6-7-8-10-29-21-19-28(24-31(29)33)16-15-25-11-13-26(14-12-25)17-20-30-22-18-27(9-4-2)23-32(30)34/h11-14,18-19,21-24H,3-10H2,1-2H3. The Kier molecular flexibility index (Phi) is 9.94. The maximum Gasteiger partial charge on any atom is 0.139 e. The average molecular weight is 455 g/mol. The van der Waals surface area contributed by atoms with Crippen molar-refractivity contribution in [3.8, 4) is 23.7 Å². The van der Waals surface area contributed by atoms with Crippen LogP contribution in [0.1, 0.15) is 85.8 Å². The first-order valence-electron chi connectivity index (χ1n) is 12.3. The fourth-order valence-corrected chi connectivity index (χ4v) is 3.77. The van der Waals surface area contributed by atoms with Gasteiger partial charge in [-0.3, -0.25) is 0 Å². The molecule has 0 radical (unpaired) electrons. The zero-order chi connectivity index (χ0) is 24.2. The molecule has 0 saturated carbocycles. The molecule has 34 heavy (non-hydrogen) atoms. The predicted octanol–water partition coefficient (Wildman–Crippen LogP) is 8.23. The number of aryl methyl sites for hydroxylation is 2. The third kappa shape index (κ3) is 7.90. The van der Waals surface area contributed by atoms with Gasteiger partial charge in [0.1, 0.15) is 11.6 Å². The van der Waals surface area contributed by atoms with Gasteiger partial charge >= 0.3 is 0 Å². The van der Waals surface area contributed by atoms with Crippen LogP contribution in [0.2, 0.25) is 0 Å². The van der Waals surface area contributed by atoms with Gasteiger partial charge in [0.15, 0.2) is 0 Å². The van der Waals surface area contributed by atoms with Gasteiger partial charge in [-0.1, -0.05) is 81.8 Å². The number of hydrogen-bond donors (Lipinski definition) is 0. The van der Waals surface area contributed by atoms with Crippen LogP contribution < -0.4 is 0 Å². The molecule has 0 N–H and O–H groups in total. The van der Waals surface area contributed by atoms with Crippen LogP contribution in [0.5, 0.6) is 0 Å². The summed E-state index contributed by atoms with van der Waals surface area (Å²) < 4.78 is 28.6. The van der Waals surface area contributed by atoms with E-state index in [2.05, 4.69) is 37.5 Å². The molecule has 0 unspecified atom stereocenters. The van der Waals surface area contributed by atoms with E-state index >= 15 is 0 Å². The van der Waals surface area contributed by atoms with Crippen molar-refractivity contribution in [1.29, 1.82) is 0 Å². The first-order valence-corrected chi connectivity index (χ1v) is 12.3. The SMILES string of the molecule is CCCCCCCc1ccc(C#Cc2ccc(C#Cc3ccc(CCC)cc3F)cc2)cc1F. The number of hydrogen-bond acceptors (Lipinski definition) is 0. The van der Waals surface area contributed by atoms with Crippen molar-refractivity contribution in [2.45, 2.75) is 65.2 Å². The maximum absolute atomic E-state index is 14.4. The molecular weight excluding hydrogens is 422 g/mol. The summed E-state index contributed by atoms with van der Waals surface area (Å²) in [5.41, 5.74) is 4.43. The zero-order valence-electron chi connectivity index (χ0n) is 20.2. The van der Waals surface area contributed by atoms with Gasteiger partial charge in [0, 0.05) is 16.7 Å². The molecule has 0 nitrogen and oxygen atoms in total. The lowest BCUT2D eigenvalue weighted by molar-refractivity contribution is 0.587. The summed E-state index contributed by atoms with van der Waals surface area (Å²) in [5, 5.41) is 0. The van der Waals surface area contributed by atoms with E-state index in [0.717, 1.165) is 54.4 Å². The molecular formula is C32H32F2. The second kappa shape index (κ2) is 13.4. The number of unbranched alkanes of at least 4 members (excludes halogenated alkanes) is 4. The Hall–Kier alpha value is -3.36. The fourth-order valence-electron chi connectivity index (χ4n) is 3.77. The molecule has 174 valence electrons. The summed E-state index contributed by atoms with van der Waals surface area (Å²) in [6.07, 6.45) is 8.47. The molecule has 0 bridgehead atoms. The summed E-state index contributed by atoms with van der Waals surface area (Å²) >= 11 is 0. The van der Waals surface area contributed by atoms with Crippen molar-refractivity contribution in [1.82, 2.24) is 0 Å². The number of halogens is 2. The highest BCUT2D eigenvalue weighted by molar-refractivity contribution is 5.48. The lowest BCUT2D eigenvalue weighted by atomic mass is 10.0. The van der Waals surface area contributed by atoms with E-state index < -0.39 is 0 Å². The largest absolute Gasteiger partial charge is 0.207 e. The van der Waals surface area contributed by atoms with Gasteiger partial charge in [0.05, 0.1) is 5.56 Å². The van der Waals surface area contributed by atoms with E-state index in [-0.39, 0.29) is 11.6 Å². The minimum atomic E-state index is -0.282. The monoisotopic (exact) mass is 454 g/mol. The Morgan fingerprint density at radius 2 is 1.21 bits per heavy atom. The first-order chi connectivity index (χ1) is 16.6. The minimum Gasteiger partial charge on any atom is -0.207 e. The molecule has 0 amide bonds. The molecule has 0 fully saturated rings. The van der Waals surface area contributed by atoms with Crippen LogP contribution in [-0.2, 0) is 12.8 Å². The van der Waals surface area contributed by atoms with E-state index in [1.807, 2.05) is 42.5 Å². The summed E-state index contributed by atoms with van der Waals surface area (Å²) in [5.74, 6) is 11.6. The zero-order valence-corrected chi connectivity index (χ0v) is 20.2. The van der Waals surface area contributed by atoms with Crippen molar-refractivity contribution in [3.05, 3.63) is 106 Å². The van der Waals surface area contributed by atoms with E-state index in [1.165, 1.54) is 25.3 Å². The third-order valence-corrected chi connectivity index (χ3v) is 5.75. The Morgan fingerprint density at radius 3 is 1.85 bits per heavy atom. The molecule has 2 heteroatoms. The number of rotatable bonds is 8. The van der Waals surface area contributed by atoms with Crippen LogP contribution in [0, 0.1) is 35.3 Å². The van der Waals surface area contributed by atoms with E-state index in [0.29, 0.717) is 11.1 Å². The normalized spacial score (nSPS) is 10.2. The lowest BCUT2D eigenvalue weighted by Crippen LogP contribution is -1.92. The van der Waals surface area contributed by atoms with Crippen LogP contribution in [-0.4, -0.2) is 0 Å². The van der Waals surface area contributed by atoms with Gasteiger partial charge in [-0.15, -0.1) is 0 Å². The van der Waals surface area contributed by atoms with Gasteiger partial charge in [-0.05, 0) is 78.9 Å². The summed E-state index contributed by atoms with van der Waals surface area (Å²) in [6, 6.07) is 18.0. The summed E-state index contributed by atoms with van der Waals surface area (Å²) in [7, 11) is 0. The molecule has 3 aromatic carbocycles. The molecule has 0 saturated heterocycles. The van der Waals surface area contributed by atoms with E-state index in [1.54, 1.807) is 12.1 Å². The Balaban J connectivity index is 1.60. The minimum absolute atomic E-state index is 0.178. The highest BCUT2D eigenvalue weighted by Gasteiger charge is 2.03. The molecule has 0 aromatic heterocycles. The Labute approximate surface area is 203 Å². The molecule has 0 aliphatic rings. The van der Waals surface area contributed by atoms with Gasteiger partial charge in [0.2, 0.25) is 0 Å². The van der Waals surface area contributed by atoms with Crippen molar-refractivity contribution in [3.63, 3.8) is 0 Å². The second-order valence-electron chi connectivity index (χ2n) is 8.61. The van der Waals surface area contributed by atoms with Crippen molar-refractivity contribution >= 4 is 0 Å². The third-order valence-electron chi connectivity index (χ3n) is 5.75. The highest BCUT2D eigenvalue weighted by atomic mass is 19.1. The summed E-state index contributed by atoms with van der Waals surface area (Å²) in [6.45, 7) is 4.27. The van der Waals surface area contributed by atoms with Crippen LogP contribution in [0.25, 0.3) is 0 Å². The molecule has 0 aliphatic heterocycles. The number of benzene rings is 3. The van der Waals surface area contributed by atoms with E-state index in [4.69, 9.17) is 0 Å². The van der Waals surface area contributed by atoms with Gasteiger partial charge in [0.25, 0.3) is 0 Å². The average Bonchev–Trinajstić information content (AvgIpc) is 2.84. The molecule has 3 aromatic rings. The smallest absolute Gasteiger partial charge is 0.139 e. The van der Waals surface area contributed by atoms with Crippen LogP contribution in [0.3, 0.4) is 0 Å². The quantitative estimate of drug-likeness (QED) is 0.237. The van der Waals surface area contributed by atoms with Crippen LogP contribution >= 0.6 is 0 Å². The molecule has 0 atom stereocenters. The van der Waals surface area contributed by atoms with Gasteiger partial charge < -0.3 is 0 Å². The molecule has 3 rings (SSSR count). The topological polar surface area (TPSA) is 0 Å². The van der Waals surface area contributed by atoms with Crippen molar-refractivity contribution < 1.29 is 8.78 Å². The molecule has 0 aliphatic carbocycles. The lowest BCUT2D eigenvalue weighted by Gasteiger charge is -2.04. The Bertz CT molecular complexity index is 1200. The first kappa shape index (κ1) is 25.3. The maximum atomic E-state index is 14.4. The highest BCUT2D eigenvalue weighted by Crippen LogP contribution is 2.15. The van der Waals surface area contributed by atoms with Gasteiger partial charge in [-0.25, -0.2) is 8.78 Å².